The first-order chi connectivity index (χ1) is 7.49. The van der Waals surface area contributed by atoms with Gasteiger partial charge in [0, 0.05) is 15.6 Å². The van der Waals surface area contributed by atoms with Gasteiger partial charge in [0.2, 0.25) is 0 Å². The van der Waals surface area contributed by atoms with Crippen molar-refractivity contribution in [3.05, 3.63) is 33.5 Å². The van der Waals surface area contributed by atoms with Crippen molar-refractivity contribution in [3.63, 3.8) is 0 Å². The summed E-state index contributed by atoms with van der Waals surface area (Å²) in [6, 6.07) is 2.93. The van der Waals surface area contributed by atoms with Gasteiger partial charge in [0.1, 0.15) is 5.82 Å². The Morgan fingerprint density at radius 1 is 1.62 bits per heavy atom. The summed E-state index contributed by atoms with van der Waals surface area (Å²) in [6.45, 7) is 0.201. The summed E-state index contributed by atoms with van der Waals surface area (Å²) in [5.74, 6) is -0.516. The summed E-state index contributed by atoms with van der Waals surface area (Å²) in [5, 5.41) is 0. The molecule has 6 heteroatoms. The molecule has 1 aliphatic rings. The van der Waals surface area contributed by atoms with Crippen LogP contribution in [0.15, 0.2) is 16.6 Å². The highest BCUT2D eigenvalue weighted by Gasteiger charge is 2.31. The first-order valence-electron chi connectivity index (χ1n) is 4.56. The molecular formula is C10H9BrFNO2S. The van der Waals surface area contributed by atoms with Crippen LogP contribution in [-0.4, -0.2) is 27.5 Å². The van der Waals surface area contributed by atoms with Crippen LogP contribution in [0.2, 0.25) is 0 Å². The van der Waals surface area contributed by atoms with E-state index < -0.39 is 17.0 Å². The summed E-state index contributed by atoms with van der Waals surface area (Å²) >= 11 is 2.04. The molecule has 2 rings (SSSR count). The van der Waals surface area contributed by atoms with Crippen molar-refractivity contribution >= 4 is 33.0 Å². The van der Waals surface area contributed by atoms with E-state index in [1.807, 2.05) is 0 Å². The second kappa shape index (κ2) is 4.35. The zero-order valence-corrected chi connectivity index (χ0v) is 10.9. The Balaban J connectivity index is 2.35. The molecule has 1 amide bonds. The molecule has 1 aromatic carbocycles. The quantitative estimate of drug-likeness (QED) is 0.783. The lowest BCUT2D eigenvalue weighted by Gasteiger charge is -2.15. The number of nitrogens with zero attached hydrogens (tertiary/aromatic N) is 1. The Labute approximate surface area is 104 Å². The number of rotatable bonds is 2. The van der Waals surface area contributed by atoms with Crippen LogP contribution in [0.3, 0.4) is 0 Å². The van der Waals surface area contributed by atoms with E-state index in [9.17, 15) is 13.7 Å². The van der Waals surface area contributed by atoms with E-state index in [1.165, 1.54) is 17.2 Å². The number of fused-ring (bicyclic) bond motifs is 1. The maximum Gasteiger partial charge on any atom is 0.258 e. The molecule has 0 fully saturated rings. The van der Waals surface area contributed by atoms with E-state index in [1.54, 1.807) is 6.07 Å². The minimum Gasteiger partial charge on any atom is -0.615 e. The third-order valence-corrected chi connectivity index (χ3v) is 3.50. The van der Waals surface area contributed by atoms with Gasteiger partial charge in [0.05, 0.1) is 12.8 Å². The van der Waals surface area contributed by atoms with Crippen molar-refractivity contribution in [1.82, 2.24) is 4.90 Å². The largest absolute Gasteiger partial charge is 0.615 e. The van der Waals surface area contributed by atoms with Gasteiger partial charge >= 0.3 is 0 Å². The minimum absolute atomic E-state index is 0.143. The van der Waals surface area contributed by atoms with Crippen LogP contribution in [0, 0.1) is 5.82 Å². The van der Waals surface area contributed by atoms with Crippen molar-refractivity contribution in [3.8, 4) is 0 Å². The third-order valence-electron chi connectivity index (χ3n) is 2.36. The fourth-order valence-corrected chi connectivity index (χ4v) is 2.79. The van der Waals surface area contributed by atoms with Crippen LogP contribution in [0.25, 0.3) is 0 Å². The van der Waals surface area contributed by atoms with Gasteiger partial charge in [-0.1, -0.05) is 15.9 Å². The smallest absolute Gasteiger partial charge is 0.258 e. The molecule has 1 aromatic rings. The van der Waals surface area contributed by atoms with E-state index in [2.05, 4.69) is 15.9 Å². The van der Waals surface area contributed by atoms with Gasteiger partial charge in [-0.2, -0.15) is 0 Å². The zero-order valence-electron chi connectivity index (χ0n) is 8.50. The van der Waals surface area contributed by atoms with Gasteiger partial charge in [0.25, 0.3) is 5.91 Å². The van der Waals surface area contributed by atoms with Gasteiger partial charge in [-0.3, -0.25) is 9.69 Å². The third kappa shape index (κ3) is 2.09. The molecule has 16 heavy (non-hydrogen) atoms. The molecule has 3 nitrogen and oxygen atoms in total. The molecule has 0 spiro atoms. The molecule has 1 unspecified atom stereocenters. The SMILES string of the molecule is C[S+]([O-])CN1Cc2c(F)cc(Br)cc2C1=O. The molecule has 0 N–H and O–H groups in total. The molecule has 0 radical (unpaired) electrons. The van der Waals surface area contributed by atoms with Crippen molar-refractivity contribution in [2.45, 2.75) is 6.54 Å². The van der Waals surface area contributed by atoms with Gasteiger partial charge in [0.15, 0.2) is 5.88 Å². The van der Waals surface area contributed by atoms with Crippen molar-refractivity contribution < 1.29 is 13.7 Å². The molecule has 1 atom stereocenters. The molecule has 1 aliphatic heterocycles. The van der Waals surface area contributed by atoms with Gasteiger partial charge < -0.3 is 4.55 Å². The van der Waals surface area contributed by atoms with Gasteiger partial charge in [-0.25, -0.2) is 4.39 Å². The molecule has 0 aliphatic carbocycles. The number of carbonyl (C=O) groups is 1. The standard InChI is InChI=1S/C10H9BrFNO2S/c1-16(15)5-13-4-8-7(10(13)14)2-6(11)3-9(8)12/h2-3H,4-5H2,1H3. The highest BCUT2D eigenvalue weighted by molar-refractivity contribution is 9.10. The van der Waals surface area contributed by atoms with Crippen LogP contribution in [0.4, 0.5) is 4.39 Å². The number of halogens is 2. The highest BCUT2D eigenvalue weighted by Crippen LogP contribution is 2.28. The molecule has 0 aromatic heterocycles. The average molecular weight is 306 g/mol. The molecule has 86 valence electrons. The van der Waals surface area contributed by atoms with Gasteiger partial charge in [-0.15, -0.1) is 0 Å². The van der Waals surface area contributed by atoms with E-state index >= 15 is 0 Å². The predicted octanol–water partition coefficient (Wildman–Crippen LogP) is 1.88. The Kier molecular flexibility index (Phi) is 3.23. The van der Waals surface area contributed by atoms with E-state index in [4.69, 9.17) is 0 Å². The van der Waals surface area contributed by atoms with Crippen LogP contribution in [0.1, 0.15) is 15.9 Å². The maximum atomic E-state index is 13.6. The first kappa shape index (κ1) is 11.9. The van der Waals surface area contributed by atoms with E-state index in [0.717, 1.165) is 0 Å². The van der Waals surface area contributed by atoms with Crippen molar-refractivity contribution in [2.75, 3.05) is 12.1 Å². The normalized spacial score (nSPS) is 16.5. The minimum atomic E-state index is -1.11. The average Bonchev–Trinajstić information content (AvgIpc) is 2.45. The van der Waals surface area contributed by atoms with Gasteiger partial charge in [-0.05, 0) is 23.3 Å². The molecule has 0 bridgehead atoms. The second-order valence-electron chi connectivity index (χ2n) is 3.62. The number of carbonyl (C=O) groups excluding carboxylic acids is 1. The summed E-state index contributed by atoms with van der Waals surface area (Å²) in [5.41, 5.74) is 0.746. The lowest BCUT2D eigenvalue weighted by molar-refractivity contribution is 0.0804. The Hall–Kier alpha value is -0.590. The van der Waals surface area contributed by atoms with Crippen molar-refractivity contribution in [1.29, 1.82) is 0 Å². The fourth-order valence-electron chi connectivity index (χ4n) is 1.71. The summed E-state index contributed by atoms with van der Waals surface area (Å²) in [4.78, 5) is 13.2. The number of hydrogen-bond donors (Lipinski definition) is 0. The van der Waals surface area contributed by atoms with Crippen LogP contribution < -0.4 is 0 Å². The Morgan fingerprint density at radius 3 is 2.94 bits per heavy atom. The number of benzene rings is 1. The van der Waals surface area contributed by atoms with Crippen LogP contribution >= 0.6 is 15.9 Å². The Morgan fingerprint density at radius 2 is 2.31 bits per heavy atom. The molecule has 0 saturated carbocycles. The second-order valence-corrected chi connectivity index (χ2v) is 5.94. The fraction of sp³-hybridized carbons (Fsp3) is 0.300. The lowest BCUT2D eigenvalue weighted by Crippen LogP contribution is -2.29. The number of hydrogen-bond acceptors (Lipinski definition) is 2. The molecule has 0 saturated heterocycles. The monoisotopic (exact) mass is 305 g/mol. The maximum absolute atomic E-state index is 13.6. The summed E-state index contributed by atoms with van der Waals surface area (Å²) in [7, 11) is 0. The summed E-state index contributed by atoms with van der Waals surface area (Å²) in [6.07, 6.45) is 1.52. The summed E-state index contributed by atoms with van der Waals surface area (Å²) < 4.78 is 25.2. The molecule has 1 heterocycles. The highest BCUT2D eigenvalue weighted by atomic mass is 79.9. The van der Waals surface area contributed by atoms with Crippen LogP contribution in [-0.2, 0) is 17.7 Å². The number of amides is 1. The molecular weight excluding hydrogens is 297 g/mol. The van der Waals surface area contributed by atoms with Crippen LogP contribution in [0.5, 0.6) is 0 Å². The first-order valence-corrected chi connectivity index (χ1v) is 7.08. The Bertz CT molecular complexity index is 453. The zero-order chi connectivity index (χ0) is 11.9. The topological polar surface area (TPSA) is 43.4 Å². The predicted molar refractivity (Wildman–Crippen MR) is 62.9 cm³/mol. The van der Waals surface area contributed by atoms with Crippen molar-refractivity contribution in [2.24, 2.45) is 0 Å². The van der Waals surface area contributed by atoms with E-state index in [-0.39, 0.29) is 18.3 Å². The lowest BCUT2D eigenvalue weighted by atomic mass is 10.1. The van der Waals surface area contributed by atoms with E-state index in [0.29, 0.717) is 15.6 Å².